The van der Waals surface area contributed by atoms with Crippen LogP contribution in [0.25, 0.3) is 0 Å². The van der Waals surface area contributed by atoms with Crippen molar-refractivity contribution in [3.8, 4) is 0 Å². The molecule has 1 N–H and O–H groups in total. The zero-order valence-corrected chi connectivity index (χ0v) is 16.4. The van der Waals surface area contributed by atoms with Crippen LogP contribution >= 0.6 is 0 Å². The fourth-order valence-electron chi connectivity index (χ4n) is 3.05. The second-order valence-corrected chi connectivity index (χ2v) is 8.07. The van der Waals surface area contributed by atoms with E-state index in [0.717, 1.165) is 17.6 Å². The van der Waals surface area contributed by atoms with Crippen LogP contribution in [0.2, 0.25) is 0 Å². The maximum absolute atomic E-state index is 12.8. The molecule has 1 aromatic carbocycles. The molecule has 2 amide bonds. The van der Waals surface area contributed by atoms with Gasteiger partial charge in [-0.25, -0.2) is 4.79 Å². The number of benzene rings is 1. The summed E-state index contributed by atoms with van der Waals surface area (Å²) in [5, 5.41) is 2.53. The summed E-state index contributed by atoms with van der Waals surface area (Å²) in [5.41, 5.74) is -0.582. The predicted octanol–water partition coefficient (Wildman–Crippen LogP) is 4.50. The summed E-state index contributed by atoms with van der Waals surface area (Å²) in [5.74, 6) is 0. The largest absolute Gasteiger partial charge is 0.490 e. The smallest absolute Gasteiger partial charge is 0.400 e. The molecule has 28 heavy (non-hydrogen) atoms. The van der Waals surface area contributed by atoms with Gasteiger partial charge in [-0.05, 0) is 57.8 Å². The zero-order chi connectivity index (χ0) is 20.7. The van der Waals surface area contributed by atoms with E-state index >= 15 is 0 Å². The van der Waals surface area contributed by atoms with Gasteiger partial charge < -0.3 is 19.5 Å². The Hall–Kier alpha value is -2.00. The molecule has 0 aliphatic carbocycles. The minimum atomic E-state index is -4.45. The number of nitrogens with zero attached hydrogens (tertiary/aromatic N) is 1. The highest BCUT2D eigenvalue weighted by Gasteiger charge is 2.52. The summed E-state index contributed by atoms with van der Waals surface area (Å²) in [7, 11) is -0.446. The van der Waals surface area contributed by atoms with Crippen molar-refractivity contribution in [3.05, 3.63) is 41.4 Å². The van der Waals surface area contributed by atoms with E-state index in [1.54, 1.807) is 0 Å². The van der Waals surface area contributed by atoms with Gasteiger partial charge in [-0.15, -0.1) is 0 Å². The van der Waals surface area contributed by atoms with Crippen LogP contribution in [0.4, 0.5) is 23.7 Å². The number of hydrogen-bond acceptors (Lipinski definition) is 3. The number of alkyl halides is 3. The number of halogens is 3. The lowest BCUT2D eigenvalue weighted by atomic mass is 9.75. The average Bonchev–Trinajstić information content (AvgIpc) is 2.82. The van der Waals surface area contributed by atoms with Gasteiger partial charge in [0.25, 0.3) is 0 Å². The predicted molar refractivity (Wildman–Crippen MR) is 101 cm³/mol. The van der Waals surface area contributed by atoms with Crippen molar-refractivity contribution in [1.29, 1.82) is 0 Å². The van der Waals surface area contributed by atoms with E-state index in [2.05, 4.69) is 5.32 Å². The molecule has 0 spiro atoms. The van der Waals surface area contributed by atoms with Gasteiger partial charge in [0, 0.05) is 18.8 Å². The third-order valence-corrected chi connectivity index (χ3v) is 5.53. The van der Waals surface area contributed by atoms with Gasteiger partial charge >= 0.3 is 19.3 Å². The molecule has 152 valence electrons. The molecular formula is C19H24BF3N2O3. The first-order valence-corrected chi connectivity index (χ1v) is 9.17. The Bertz CT molecular complexity index is 777. The Morgan fingerprint density at radius 3 is 2.36 bits per heavy atom. The fourth-order valence-corrected chi connectivity index (χ4v) is 3.05. The van der Waals surface area contributed by atoms with Crippen molar-refractivity contribution in [3.63, 3.8) is 0 Å². The van der Waals surface area contributed by atoms with Crippen molar-refractivity contribution in [2.24, 2.45) is 0 Å². The normalized spacial score (nSPS) is 21.5. The minimum absolute atomic E-state index is 0.112. The first-order chi connectivity index (χ1) is 12.9. The maximum atomic E-state index is 12.8. The molecule has 0 bridgehead atoms. The van der Waals surface area contributed by atoms with Gasteiger partial charge in [-0.3, -0.25) is 0 Å². The Balaban J connectivity index is 1.61. The van der Waals surface area contributed by atoms with E-state index in [4.69, 9.17) is 9.31 Å². The maximum Gasteiger partial charge on any atom is 0.490 e. The van der Waals surface area contributed by atoms with Gasteiger partial charge in [0.15, 0.2) is 0 Å². The summed E-state index contributed by atoms with van der Waals surface area (Å²) >= 11 is 0. The number of carbonyl (C=O) groups excluding carboxylic acids is 1. The van der Waals surface area contributed by atoms with Crippen molar-refractivity contribution in [2.75, 3.05) is 18.4 Å². The molecule has 0 saturated carbocycles. The highest BCUT2D eigenvalue weighted by Crippen LogP contribution is 2.39. The summed E-state index contributed by atoms with van der Waals surface area (Å²) in [6.45, 7) is 8.68. The van der Waals surface area contributed by atoms with Crippen molar-refractivity contribution in [1.82, 2.24) is 4.90 Å². The molecule has 0 radical (unpaired) electrons. The molecular weight excluding hydrogens is 372 g/mol. The standard InChI is InChI=1S/C19H24BF3N2O3/c1-17(2)18(3,4)28-20(27-17)14-8-10-25(11-9-14)16(26)24-15-7-5-6-13(12-15)19(21,22)23/h5-8,12H,9-11H2,1-4H3,(H,24,26). The van der Waals surface area contributed by atoms with E-state index in [0.29, 0.717) is 19.5 Å². The van der Waals surface area contributed by atoms with Crippen LogP contribution in [-0.4, -0.2) is 42.3 Å². The molecule has 1 aromatic rings. The van der Waals surface area contributed by atoms with Crippen LogP contribution in [0.1, 0.15) is 39.7 Å². The Kier molecular flexibility index (Phi) is 5.27. The highest BCUT2D eigenvalue weighted by atomic mass is 19.4. The van der Waals surface area contributed by atoms with Gasteiger partial charge in [-0.2, -0.15) is 13.2 Å². The molecule has 3 rings (SSSR count). The summed E-state index contributed by atoms with van der Waals surface area (Å²) < 4.78 is 50.5. The summed E-state index contributed by atoms with van der Waals surface area (Å²) in [4.78, 5) is 13.9. The van der Waals surface area contributed by atoms with Crippen molar-refractivity contribution >= 4 is 18.8 Å². The van der Waals surface area contributed by atoms with Crippen LogP contribution in [0.15, 0.2) is 35.8 Å². The van der Waals surface area contributed by atoms with Crippen LogP contribution in [0.5, 0.6) is 0 Å². The lowest BCUT2D eigenvalue weighted by Crippen LogP contribution is -2.41. The third kappa shape index (κ3) is 4.20. The Morgan fingerprint density at radius 2 is 1.82 bits per heavy atom. The summed E-state index contributed by atoms with van der Waals surface area (Å²) in [6.07, 6.45) is -1.99. The van der Waals surface area contributed by atoms with Crippen LogP contribution < -0.4 is 5.32 Å². The van der Waals surface area contributed by atoms with Crippen molar-refractivity contribution < 1.29 is 27.3 Å². The second kappa shape index (κ2) is 7.11. The van der Waals surface area contributed by atoms with Gasteiger partial charge in [0.2, 0.25) is 0 Å². The number of amides is 2. The number of rotatable bonds is 2. The summed E-state index contributed by atoms with van der Waals surface area (Å²) in [6, 6.07) is 4.15. The van der Waals surface area contributed by atoms with E-state index in [1.807, 2.05) is 33.8 Å². The number of urea groups is 1. The fraction of sp³-hybridized carbons (Fsp3) is 0.526. The minimum Gasteiger partial charge on any atom is -0.400 e. The van der Waals surface area contributed by atoms with E-state index in [9.17, 15) is 18.0 Å². The topological polar surface area (TPSA) is 50.8 Å². The SMILES string of the molecule is CC1(C)OB(C2=CCN(C(=O)Nc3cccc(C(F)(F)F)c3)CC2)OC1(C)C. The Labute approximate surface area is 163 Å². The average molecular weight is 396 g/mol. The van der Waals surface area contributed by atoms with Crippen LogP contribution in [0, 0.1) is 0 Å². The van der Waals surface area contributed by atoms with E-state index in [1.165, 1.54) is 17.0 Å². The lowest BCUT2D eigenvalue weighted by molar-refractivity contribution is -0.137. The monoisotopic (exact) mass is 396 g/mol. The number of carbonyl (C=O) groups is 1. The molecule has 0 unspecified atom stereocenters. The first-order valence-electron chi connectivity index (χ1n) is 9.17. The molecule has 9 heteroatoms. The van der Waals surface area contributed by atoms with E-state index < -0.39 is 36.1 Å². The number of anilines is 1. The zero-order valence-electron chi connectivity index (χ0n) is 16.4. The molecule has 2 aliphatic rings. The van der Waals surface area contributed by atoms with Crippen LogP contribution in [0.3, 0.4) is 0 Å². The Morgan fingerprint density at radius 1 is 1.18 bits per heavy atom. The molecule has 1 saturated heterocycles. The first kappa shape index (κ1) is 20.7. The molecule has 2 aliphatic heterocycles. The van der Waals surface area contributed by atoms with Crippen LogP contribution in [-0.2, 0) is 15.5 Å². The second-order valence-electron chi connectivity index (χ2n) is 8.07. The van der Waals surface area contributed by atoms with Gasteiger partial charge in [-0.1, -0.05) is 12.1 Å². The number of hydrogen-bond donors (Lipinski definition) is 1. The van der Waals surface area contributed by atoms with Gasteiger partial charge in [0.05, 0.1) is 16.8 Å². The molecule has 0 atom stereocenters. The van der Waals surface area contributed by atoms with Gasteiger partial charge in [0.1, 0.15) is 0 Å². The third-order valence-electron chi connectivity index (χ3n) is 5.53. The van der Waals surface area contributed by atoms with Crippen molar-refractivity contribution in [2.45, 2.75) is 51.5 Å². The number of nitrogens with one attached hydrogen (secondary N) is 1. The quantitative estimate of drug-likeness (QED) is 0.749. The molecule has 5 nitrogen and oxygen atoms in total. The lowest BCUT2D eigenvalue weighted by Gasteiger charge is -2.32. The molecule has 2 heterocycles. The molecule has 0 aromatic heterocycles. The highest BCUT2D eigenvalue weighted by molar-refractivity contribution is 6.54. The molecule has 1 fully saturated rings. The van der Waals surface area contributed by atoms with E-state index in [-0.39, 0.29) is 5.69 Å².